The van der Waals surface area contributed by atoms with E-state index in [9.17, 15) is 4.79 Å². The lowest BCUT2D eigenvalue weighted by molar-refractivity contribution is 0.0941. The molecule has 0 aliphatic heterocycles. The molecule has 0 aliphatic rings. The molecule has 1 unspecified atom stereocenters. The van der Waals surface area contributed by atoms with Crippen molar-refractivity contribution >= 4 is 39.5 Å². The van der Waals surface area contributed by atoms with Gasteiger partial charge in [0.2, 0.25) is 0 Å². The average molecular weight is 324 g/mol. The number of carbonyl (C=O) groups excluding carboxylic acids is 1. The number of carbonyl (C=O) groups is 1. The van der Waals surface area contributed by atoms with Gasteiger partial charge in [0.1, 0.15) is 10.7 Å². The third kappa shape index (κ3) is 3.95. The van der Waals surface area contributed by atoms with Crippen molar-refractivity contribution in [3.05, 3.63) is 27.3 Å². The zero-order valence-electron chi connectivity index (χ0n) is 12.3. The molecule has 7 heteroatoms. The van der Waals surface area contributed by atoms with Crippen LogP contribution in [0.2, 0.25) is 0 Å². The molecule has 0 aromatic carbocycles. The number of aromatic nitrogens is 1. The Morgan fingerprint density at radius 1 is 1.48 bits per heavy atom. The van der Waals surface area contributed by atoms with Gasteiger partial charge in [-0.3, -0.25) is 4.79 Å². The van der Waals surface area contributed by atoms with Crippen molar-refractivity contribution in [2.75, 3.05) is 11.1 Å². The highest BCUT2D eigenvalue weighted by Gasteiger charge is 2.20. The van der Waals surface area contributed by atoms with Crippen LogP contribution in [-0.2, 0) is 0 Å². The van der Waals surface area contributed by atoms with E-state index in [4.69, 9.17) is 5.73 Å². The first kappa shape index (κ1) is 15.8. The number of nitrogens with one attached hydrogen (secondary N) is 2. The van der Waals surface area contributed by atoms with Crippen LogP contribution in [0.25, 0.3) is 0 Å². The fraction of sp³-hybridized carbons (Fsp3) is 0.429. The molecule has 2 heterocycles. The first-order chi connectivity index (χ1) is 10.0. The number of hydrogen-bond donors (Lipinski definition) is 3. The molecule has 114 valence electrons. The van der Waals surface area contributed by atoms with Crippen LogP contribution in [-0.4, -0.2) is 16.9 Å². The lowest BCUT2D eigenvalue weighted by Gasteiger charge is -2.14. The number of amides is 1. The Morgan fingerprint density at radius 2 is 2.24 bits per heavy atom. The van der Waals surface area contributed by atoms with Gasteiger partial charge in [-0.25, -0.2) is 4.98 Å². The number of rotatable bonds is 6. The Morgan fingerprint density at radius 3 is 2.81 bits per heavy atom. The Hall–Kier alpha value is -1.60. The van der Waals surface area contributed by atoms with Gasteiger partial charge in [0.15, 0.2) is 5.13 Å². The summed E-state index contributed by atoms with van der Waals surface area (Å²) in [6, 6.07) is 4.28. The molecular weight excluding hydrogens is 304 g/mol. The molecule has 0 saturated carbocycles. The van der Waals surface area contributed by atoms with Gasteiger partial charge in [-0.1, -0.05) is 24.3 Å². The van der Waals surface area contributed by atoms with Crippen LogP contribution >= 0.6 is 22.7 Å². The summed E-state index contributed by atoms with van der Waals surface area (Å²) in [4.78, 5) is 18.2. The minimum Gasteiger partial charge on any atom is -0.382 e. The minimum absolute atomic E-state index is 0.0144. The number of nitrogen functional groups attached to an aromatic ring is 1. The van der Waals surface area contributed by atoms with Crippen molar-refractivity contribution < 1.29 is 4.79 Å². The van der Waals surface area contributed by atoms with Gasteiger partial charge >= 0.3 is 0 Å². The third-order valence-electron chi connectivity index (χ3n) is 2.87. The summed E-state index contributed by atoms with van der Waals surface area (Å²) in [5.41, 5.74) is 5.85. The second-order valence-corrected chi connectivity index (χ2v) is 6.96. The summed E-state index contributed by atoms with van der Waals surface area (Å²) in [5.74, 6) is 0.115. The molecule has 0 fully saturated rings. The fourth-order valence-corrected chi connectivity index (χ4v) is 3.69. The summed E-state index contributed by atoms with van der Waals surface area (Å²) in [6.07, 6.45) is 0.835. The van der Waals surface area contributed by atoms with E-state index in [1.54, 1.807) is 11.3 Å². The standard InChI is InChI=1S/C14H20N4OS2/c1-4-9(10-6-5-7-20-10)17-13(19)11-12(15)18-14(21-11)16-8(2)3/h5-9H,4,15H2,1-3H3,(H,16,18)(H,17,19). The van der Waals surface area contributed by atoms with Gasteiger partial charge in [-0.05, 0) is 31.7 Å². The van der Waals surface area contributed by atoms with Crippen molar-refractivity contribution in [3.8, 4) is 0 Å². The molecule has 1 atom stereocenters. The summed E-state index contributed by atoms with van der Waals surface area (Å²) < 4.78 is 0. The number of nitrogens with two attached hydrogens (primary N) is 1. The highest BCUT2D eigenvalue weighted by atomic mass is 32.1. The zero-order valence-corrected chi connectivity index (χ0v) is 14.0. The molecule has 0 radical (unpaired) electrons. The van der Waals surface area contributed by atoms with Gasteiger partial charge in [-0.15, -0.1) is 11.3 Å². The largest absolute Gasteiger partial charge is 0.382 e. The maximum Gasteiger partial charge on any atom is 0.265 e. The van der Waals surface area contributed by atoms with Crippen LogP contribution in [0.15, 0.2) is 17.5 Å². The van der Waals surface area contributed by atoms with Gasteiger partial charge in [-0.2, -0.15) is 0 Å². The lowest BCUT2D eigenvalue weighted by Crippen LogP contribution is -2.27. The molecule has 1 amide bonds. The smallest absolute Gasteiger partial charge is 0.265 e. The Balaban J connectivity index is 2.11. The van der Waals surface area contributed by atoms with Gasteiger partial charge in [0.25, 0.3) is 5.91 Å². The van der Waals surface area contributed by atoms with E-state index >= 15 is 0 Å². The monoisotopic (exact) mass is 324 g/mol. The van der Waals surface area contributed by atoms with Gasteiger partial charge < -0.3 is 16.4 Å². The first-order valence-corrected chi connectivity index (χ1v) is 8.58. The van der Waals surface area contributed by atoms with Crippen molar-refractivity contribution in [2.45, 2.75) is 39.3 Å². The van der Waals surface area contributed by atoms with E-state index in [0.29, 0.717) is 10.0 Å². The van der Waals surface area contributed by atoms with Crippen LogP contribution in [0.3, 0.4) is 0 Å². The normalized spacial score (nSPS) is 12.4. The Bertz CT molecular complexity index is 592. The van der Waals surface area contributed by atoms with E-state index < -0.39 is 0 Å². The summed E-state index contributed by atoms with van der Waals surface area (Å²) in [7, 11) is 0. The van der Waals surface area contributed by atoms with E-state index in [1.165, 1.54) is 11.3 Å². The average Bonchev–Trinajstić information content (AvgIpc) is 3.05. The number of thiophene rings is 1. The maximum absolute atomic E-state index is 12.4. The molecule has 2 aromatic heterocycles. The Kier molecular flexibility index (Phi) is 5.19. The molecule has 21 heavy (non-hydrogen) atoms. The van der Waals surface area contributed by atoms with Crippen LogP contribution in [0.1, 0.15) is 47.8 Å². The highest BCUT2D eigenvalue weighted by Crippen LogP contribution is 2.27. The van der Waals surface area contributed by atoms with Crippen LogP contribution in [0.4, 0.5) is 10.9 Å². The molecule has 0 aliphatic carbocycles. The highest BCUT2D eigenvalue weighted by molar-refractivity contribution is 7.18. The molecule has 0 saturated heterocycles. The third-order valence-corrected chi connectivity index (χ3v) is 4.86. The first-order valence-electron chi connectivity index (χ1n) is 6.88. The number of thiazole rings is 1. The van der Waals surface area contributed by atoms with Crippen molar-refractivity contribution in [3.63, 3.8) is 0 Å². The zero-order chi connectivity index (χ0) is 15.4. The number of anilines is 2. The SMILES string of the molecule is CCC(NC(=O)c1sc(NC(C)C)nc1N)c1cccs1. The van der Waals surface area contributed by atoms with E-state index in [-0.39, 0.29) is 23.8 Å². The summed E-state index contributed by atoms with van der Waals surface area (Å²) in [6.45, 7) is 6.08. The molecule has 5 nitrogen and oxygen atoms in total. The van der Waals surface area contributed by atoms with E-state index in [2.05, 4.69) is 15.6 Å². The molecule has 2 aromatic rings. The molecule has 4 N–H and O–H groups in total. The minimum atomic E-state index is -0.165. The Labute approximate surface area is 132 Å². The van der Waals surface area contributed by atoms with Crippen molar-refractivity contribution in [1.82, 2.24) is 10.3 Å². The lowest BCUT2D eigenvalue weighted by atomic mass is 10.2. The van der Waals surface area contributed by atoms with Crippen LogP contribution < -0.4 is 16.4 Å². The molecule has 0 bridgehead atoms. The molecular formula is C14H20N4OS2. The fourth-order valence-electron chi connectivity index (χ4n) is 1.89. The van der Waals surface area contributed by atoms with E-state index in [1.807, 2.05) is 38.3 Å². The van der Waals surface area contributed by atoms with Gasteiger partial charge in [0.05, 0.1) is 6.04 Å². The number of nitrogens with zero attached hydrogens (tertiary/aromatic N) is 1. The van der Waals surface area contributed by atoms with Crippen molar-refractivity contribution in [2.24, 2.45) is 0 Å². The predicted molar refractivity (Wildman–Crippen MR) is 90.1 cm³/mol. The van der Waals surface area contributed by atoms with Gasteiger partial charge in [0, 0.05) is 10.9 Å². The molecule has 2 rings (SSSR count). The van der Waals surface area contributed by atoms with Crippen LogP contribution in [0, 0.1) is 0 Å². The maximum atomic E-state index is 12.4. The predicted octanol–water partition coefficient (Wildman–Crippen LogP) is 3.49. The number of hydrogen-bond acceptors (Lipinski definition) is 6. The van der Waals surface area contributed by atoms with Crippen molar-refractivity contribution in [1.29, 1.82) is 0 Å². The summed E-state index contributed by atoms with van der Waals surface area (Å²) in [5, 5.41) is 8.88. The van der Waals surface area contributed by atoms with Crippen LogP contribution in [0.5, 0.6) is 0 Å². The van der Waals surface area contributed by atoms with E-state index in [0.717, 1.165) is 11.3 Å². The summed E-state index contributed by atoms with van der Waals surface area (Å²) >= 11 is 2.93. The quantitative estimate of drug-likeness (QED) is 0.760. The topological polar surface area (TPSA) is 80.0 Å². The second kappa shape index (κ2) is 6.91. The molecule has 0 spiro atoms. The second-order valence-electron chi connectivity index (χ2n) is 4.98.